The largest absolute Gasteiger partial charge is 0.316 e. The molecule has 0 amide bonds. The van der Waals surface area contributed by atoms with Crippen LogP contribution in [0.4, 0.5) is 0 Å². The van der Waals surface area contributed by atoms with Crippen molar-refractivity contribution in [3.63, 3.8) is 0 Å². The summed E-state index contributed by atoms with van der Waals surface area (Å²) in [5.74, 6) is 2.35. The highest BCUT2D eigenvalue weighted by atomic mass is 79.9. The molecule has 1 aliphatic rings. The Bertz CT molecular complexity index is 453. The van der Waals surface area contributed by atoms with E-state index in [0.717, 1.165) is 36.4 Å². The molecule has 2 atom stereocenters. The summed E-state index contributed by atoms with van der Waals surface area (Å²) in [6.45, 7) is 8.95. The van der Waals surface area contributed by atoms with Gasteiger partial charge in [0, 0.05) is 7.05 Å². The molecule has 0 radical (unpaired) electrons. The second-order valence-electron chi connectivity index (χ2n) is 7.03. The lowest BCUT2D eigenvalue weighted by Crippen LogP contribution is -2.33. The lowest BCUT2D eigenvalue weighted by atomic mass is 9.76. The van der Waals surface area contributed by atoms with E-state index >= 15 is 0 Å². The Labute approximate surface area is 138 Å². The Hall–Kier alpha value is -0.350. The Morgan fingerprint density at radius 2 is 1.95 bits per heavy atom. The summed E-state index contributed by atoms with van der Waals surface area (Å²) in [5.41, 5.74) is 2.48. The second-order valence-corrected chi connectivity index (χ2v) is 7.82. The average Bonchev–Trinajstić information content (AvgIpc) is 2.67. The van der Waals surface area contributed by atoms with Crippen molar-refractivity contribution in [3.05, 3.63) is 15.9 Å². The van der Waals surface area contributed by atoms with Crippen LogP contribution in [-0.4, -0.2) is 22.9 Å². The molecule has 2 unspecified atom stereocenters. The van der Waals surface area contributed by atoms with Crippen LogP contribution in [0.3, 0.4) is 0 Å². The minimum Gasteiger partial charge on any atom is -0.316 e. The van der Waals surface area contributed by atoms with E-state index in [9.17, 15) is 0 Å². The van der Waals surface area contributed by atoms with Crippen LogP contribution < -0.4 is 5.32 Å². The zero-order valence-electron chi connectivity index (χ0n) is 14.0. The SMILES string of the molecule is Cc1nn(C)c(CC2CCCCC2CNCC(C)C)c1Br. The molecular formula is C17H30BrN3. The van der Waals surface area contributed by atoms with E-state index in [2.05, 4.69) is 58.8 Å². The molecule has 21 heavy (non-hydrogen) atoms. The minimum atomic E-state index is 0.737. The maximum atomic E-state index is 4.54. The van der Waals surface area contributed by atoms with Gasteiger partial charge in [-0.25, -0.2) is 0 Å². The molecular weight excluding hydrogens is 326 g/mol. The summed E-state index contributed by atoms with van der Waals surface area (Å²) in [4.78, 5) is 0. The summed E-state index contributed by atoms with van der Waals surface area (Å²) in [6, 6.07) is 0. The van der Waals surface area contributed by atoms with Crippen molar-refractivity contribution < 1.29 is 0 Å². The number of hydrogen-bond acceptors (Lipinski definition) is 2. The molecule has 3 nitrogen and oxygen atoms in total. The van der Waals surface area contributed by atoms with Crippen molar-refractivity contribution >= 4 is 15.9 Å². The molecule has 4 heteroatoms. The van der Waals surface area contributed by atoms with Crippen molar-refractivity contribution in [1.29, 1.82) is 0 Å². The molecule has 1 heterocycles. The average molecular weight is 356 g/mol. The fourth-order valence-corrected chi connectivity index (χ4v) is 4.03. The number of hydrogen-bond donors (Lipinski definition) is 1. The predicted molar refractivity (Wildman–Crippen MR) is 92.5 cm³/mol. The van der Waals surface area contributed by atoms with Gasteiger partial charge < -0.3 is 5.32 Å². The van der Waals surface area contributed by atoms with Crippen molar-refractivity contribution in [2.75, 3.05) is 13.1 Å². The number of aromatic nitrogens is 2. The van der Waals surface area contributed by atoms with Crippen LogP contribution in [0.1, 0.15) is 50.9 Å². The third-order valence-corrected chi connectivity index (χ3v) is 5.77. The highest BCUT2D eigenvalue weighted by molar-refractivity contribution is 9.10. The van der Waals surface area contributed by atoms with Crippen LogP contribution in [-0.2, 0) is 13.5 Å². The van der Waals surface area contributed by atoms with Gasteiger partial charge in [0.05, 0.1) is 15.9 Å². The minimum absolute atomic E-state index is 0.737. The van der Waals surface area contributed by atoms with Crippen LogP contribution >= 0.6 is 15.9 Å². The van der Waals surface area contributed by atoms with Gasteiger partial charge in [-0.05, 0) is 73.0 Å². The van der Waals surface area contributed by atoms with Crippen LogP contribution in [0, 0.1) is 24.7 Å². The van der Waals surface area contributed by atoms with Crippen LogP contribution in [0.5, 0.6) is 0 Å². The van der Waals surface area contributed by atoms with E-state index in [4.69, 9.17) is 0 Å². The first-order valence-electron chi connectivity index (χ1n) is 8.37. The lowest BCUT2D eigenvalue weighted by molar-refractivity contribution is 0.223. The van der Waals surface area contributed by atoms with Gasteiger partial charge in [0.25, 0.3) is 0 Å². The summed E-state index contributed by atoms with van der Waals surface area (Å²) < 4.78 is 3.27. The molecule has 1 aromatic heterocycles. The molecule has 1 fully saturated rings. The smallest absolute Gasteiger partial charge is 0.0738 e. The molecule has 0 bridgehead atoms. The standard InChI is InChI=1S/C17H30BrN3/c1-12(2)10-19-11-15-8-6-5-7-14(15)9-16-17(18)13(3)20-21(16)4/h12,14-15,19H,5-11H2,1-4H3. The fourth-order valence-electron chi connectivity index (χ4n) is 3.53. The monoisotopic (exact) mass is 355 g/mol. The van der Waals surface area contributed by atoms with Gasteiger partial charge in [-0.1, -0.05) is 26.7 Å². The quantitative estimate of drug-likeness (QED) is 0.832. The van der Waals surface area contributed by atoms with Gasteiger partial charge in [-0.2, -0.15) is 5.10 Å². The van der Waals surface area contributed by atoms with E-state index in [1.807, 2.05) is 0 Å². The number of aryl methyl sites for hydroxylation is 2. The summed E-state index contributed by atoms with van der Waals surface area (Å²) in [7, 11) is 2.07. The number of nitrogens with one attached hydrogen (secondary N) is 1. The van der Waals surface area contributed by atoms with E-state index in [1.165, 1.54) is 42.4 Å². The first-order chi connectivity index (χ1) is 9.99. The Morgan fingerprint density at radius 3 is 2.52 bits per heavy atom. The highest BCUT2D eigenvalue weighted by Crippen LogP contribution is 2.34. The first-order valence-corrected chi connectivity index (χ1v) is 9.17. The molecule has 0 saturated heterocycles. The van der Waals surface area contributed by atoms with Gasteiger partial charge in [0.15, 0.2) is 0 Å². The molecule has 120 valence electrons. The molecule has 0 spiro atoms. The summed E-state index contributed by atoms with van der Waals surface area (Å²) >= 11 is 3.72. The number of halogens is 1. The maximum absolute atomic E-state index is 4.54. The lowest BCUT2D eigenvalue weighted by Gasteiger charge is -2.32. The van der Waals surface area contributed by atoms with Gasteiger partial charge in [-0.3, -0.25) is 4.68 Å². The van der Waals surface area contributed by atoms with Crippen molar-refractivity contribution in [2.45, 2.75) is 52.9 Å². The fraction of sp³-hybridized carbons (Fsp3) is 0.824. The topological polar surface area (TPSA) is 29.9 Å². The van der Waals surface area contributed by atoms with Gasteiger partial charge in [-0.15, -0.1) is 0 Å². The normalized spacial score (nSPS) is 23.0. The third-order valence-electron chi connectivity index (χ3n) is 4.74. The third kappa shape index (κ3) is 4.56. The Balaban J connectivity index is 1.98. The molecule has 1 saturated carbocycles. The predicted octanol–water partition coefficient (Wildman–Crippen LogP) is 4.09. The molecule has 1 aromatic rings. The highest BCUT2D eigenvalue weighted by Gasteiger charge is 2.27. The number of rotatable bonds is 6. The molecule has 1 aliphatic carbocycles. The van der Waals surface area contributed by atoms with Gasteiger partial charge in [0.2, 0.25) is 0 Å². The zero-order valence-corrected chi connectivity index (χ0v) is 15.5. The van der Waals surface area contributed by atoms with Gasteiger partial charge >= 0.3 is 0 Å². The van der Waals surface area contributed by atoms with Crippen molar-refractivity contribution in [2.24, 2.45) is 24.8 Å². The summed E-state index contributed by atoms with van der Waals surface area (Å²) in [6.07, 6.45) is 6.69. The molecule has 1 N–H and O–H groups in total. The number of nitrogens with zero attached hydrogens (tertiary/aromatic N) is 2. The molecule has 0 aromatic carbocycles. The van der Waals surface area contributed by atoms with E-state index in [-0.39, 0.29) is 0 Å². The maximum Gasteiger partial charge on any atom is 0.0738 e. The van der Waals surface area contributed by atoms with E-state index in [1.54, 1.807) is 0 Å². The summed E-state index contributed by atoms with van der Waals surface area (Å²) in [5, 5.41) is 8.21. The Morgan fingerprint density at radius 1 is 1.29 bits per heavy atom. The van der Waals surface area contributed by atoms with E-state index in [0.29, 0.717) is 0 Å². The van der Waals surface area contributed by atoms with Crippen molar-refractivity contribution in [3.8, 4) is 0 Å². The molecule has 0 aliphatic heterocycles. The Kier molecular flexibility index (Phi) is 6.30. The van der Waals surface area contributed by atoms with Crippen LogP contribution in [0.15, 0.2) is 4.47 Å². The van der Waals surface area contributed by atoms with Crippen LogP contribution in [0.2, 0.25) is 0 Å². The van der Waals surface area contributed by atoms with Crippen LogP contribution in [0.25, 0.3) is 0 Å². The van der Waals surface area contributed by atoms with E-state index < -0.39 is 0 Å². The zero-order chi connectivity index (χ0) is 15.4. The second kappa shape index (κ2) is 7.77. The van der Waals surface area contributed by atoms with Crippen molar-refractivity contribution in [1.82, 2.24) is 15.1 Å². The first kappa shape index (κ1) is 17.0. The molecule has 2 rings (SSSR count). The van der Waals surface area contributed by atoms with Gasteiger partial charge in [0.1, 0.15) is 0 Å².